The predicted molar refractivity (Wildman–Crippen MR) is 90.4 cm³/mol. The summed E-state index contributed by atoms with van der Waals surface area (Å²) in [4.78, 5) is 2.41. The maximum atomic E-state index is 6.05. The molecule has 2 aromatic carbocycles. The maximum absolute atomic E-state index is 6.05. The standard InChI is InChI=1S/C19H23NO3/c1-14(15-7-5-4-6-8-15)20-12-19(13-20)23-18-10-16(21-2)9-17(11-18)22-3/h4-11,14,19H,12-13H2,1-3H3. The number of hydrogen-bond donors (Lipinski definition) is 0. The monoisotopic (exact) mass is 313 g/mol. The van der Waals surface area contributed by atoms with Crippen molar-refractivity contribution in [2.45, 2.75) is 19.1 Å². The van der Waals surface area contributed by atoms with Crippen molar-refractivity contribution < 1.29 is 14.2 Å². The molecule has 23 heavy (non-hydrogen) atoms. The Morgan fingerprint density at radius 2 is 1.48 bits per heavy atom. The Kier molecular flexibility index (Phi) is 4.72. The van der Waals surface area contributed by atoms with Crippen molar-refractivity contribution >= 4 is 0 Å². The first-order valence-corrected chi connectivity index (χ1v) is 7.88. The number of benzene rings is 2. The zero-order valence-electron chi connectivity index (χ0n) is 13.9. The summed E-state index contributed by atoms with van der Waals surface area (Å²) in [5.74, 6) is 2.28. The van der Waals surface area contributed by atoms with Crippen molar-refractivity contribution in [2.75, 3.05) is 27.3 Å². The normalized spacial score (nSPS) is 16.5. The molecule has 0 radical (unpaired) electrons. The van der Waals surface area contributed by atoms with Crippen molar-refractivity contribution in [3.63, 3.8) is 0 Å². The summed E-state index contributed by atoms with van der Waals surface area (Å²) < 4.78 is 16.6. The van der Waals surface area contributed by atoms with Crippen molar-refractivity contribution in [2.24, 2.45) is 0 Å². The third kappa shape index (κ3) is 3.59. The van der Waals surface area contributed by atoms with Crippen LogP contribution in [0, 0.1) is 0 Å². The number of rotatable bonds is 6. The molecule has 0 bridgehead atoms. The van der Waals surface area contributed by atoms with Gasteiger partial charge in [0.15, 0.2) is 0 Å². The SMILES string of the molecule is COc1cc(OC)cc(OC2CN(C(C)c3ccccc3)C2)c1. The molecular formula is C19H23NO3. The second-order valence-electron chi connectivity index (χ2n) is 5.83. The minimum atomic E-state index is 0.206. The third-order valence-electron chi connectivity index (χ3n) is 4.33. The van der Waals surface area contributed by atoms with Gasteiger partial charge in [0.05, 0.1) is 14.2 Å². The van der Waals surface area contributed by atoms with E-state index in [1.165, 1.54) is 5.56 Å². The zero-order chi connectivity index (χ0) is 16.2. The van der Waals surface area contributed by atoms with Crippen LogP contribution in [0.4, 0.5) is 0 Å². The minimum Gasteiger partial charge on any atom is -0.496 e. The number of hydrogen-bond acceptors (Lipinski definition) is 4. The van der Waals surface area contributed by atoms with E-state index < -0.39 is 0 Å². The van der Waals surface area contributed by atoms with Crippen LogP contribution in [-0.4, -0.2) is 38.3 Å². The Morgan fingerprint density at radius 1 is 0.913 bits per heavy atom. The van der Waals surface area contributed by atoms with Gasteiger partial charge in [-0.05, 0) is 12.5 Å². The lowest BCUT2D eigenvalue weighted by atomic mass is 10.0. The Morgan fingerprint density at radius 3 is 2.04 bits per heavy atom. The molecular weight excluding hydrogens is 290 g/mol. The first-order valence-electron chi connectivity index (χ1n) is 7.88. The number of likely N-dealkylation sites (tertiary alicyclic amines) is 1. The van der Waals surface area contributed by atoms with Crippen molar-refractivity contribution in [1.29, 1.82) is 0 Å². The van der Waals surface area contributed by atoms with Crippen LogP contribution in [-0.2, 0) is 0 Å². The van der Waals surface area contributed by atoms with Gasteiger partial charge in [0.25, 0.3) is 0 Å². The molecule has 0 spiro atoms. The second kappa shape index (κ2) is 6.92. The van der Waals surface area contributed by atoms with Crippen LogP contribution in [0.5, 0.6) is 17.2 Å². The molecule has 4 nitrogen and oxygen atoms in total. The molecule has 3 rings (SSSR count). The van der Waals surface area contributed by atoms with Gasteiger partial charge >= 0.3 is 0 Å². The van der Waals surface area contributed by atoms with E-state index in [2.05, 4.69) is 42.2 Å². The fourth-order valence-electron chi connectivity index (χ4n) is 2.84. The van der Waals surface area contributed by atoms with E-state index >= 15 is 0 Å². The molecule has 4 heteroatoms. The third-order valence-corrected chi connectivity index (χ3v) is 4.33. The first-order chi connectivity index (χ1) is 11.2. The van der Waals surface area contributed by atoms with Crippen LogP contribution in [0.1, 0.15) is 18.5 Å². The average Bonchev–Trinajstić information content (AvgIpc) is 2.57. The molecule has 1 aliphatic rings. The topological polar surface area (TPSA) is 30.9 Å². The summed E-state index contributed by atoms with van der Waals surface area (Å²) in [5, 5.41) is 0. The zero-order valence-corrected chi connectivity index (χ0v) is 13.9. The number of nitrogens with zero attached hydrogens (tertiary/aromatic N) is 1. The fraction of sp³-hybridized carbons (Fsp3) is 0.368. The lowest BCUT2D eigenvalue weighted by molar-refractivity contribution is -0.00539. The van der Waals surface area contributed by atoms with Crippen LogP contribution in [0.2, 0.25) is 0 Å². The lowest BCUT2D eigenvalue weighted by Gasteiger charge is -2.43. The fourth-order valence-corrected chi connectivity index (χ4v) is 2.84. The smallest absolute Gasteiger partial charge is 0.127 e. The summed E-state index contributed by atoms with van der Waals surface area (Å²) in [5.41, 5.74) is 1.34. The van der Waals surface area contributed by atoms with E-state index in [1.807, 2.05) is 18.2 Å². The summed E-state index contributed by atoms with van der Waals surface area (Å²) in [7, 11) is 3.29. The molecule has 0 amide bonds. The summed E-state index contributed by atoms with van der Waals surface area (Å²) in [6.45, 7) is 4.09. The van der Waals surface area contributed by atoms with Gasteiger partial charge in [-0.25, -0.2) is 0 Å². The number of methoxy groups -OCH3 is 2. The van der Waals surface area contributed by atoms with Crippen LogP contribution < -0.4 is 14.2 Å². The highest BCUT2D eigenvalue weighted by Gasteiger charge is 2.32. The quantitative estimate of drug-likeness (QED) is 0.816. The van der Waals surface area contributed by atoms with Crippen LogP contribution in [0.15, 0.2) is 48.5 Å². The van der Waals surface area contributed by atoms with Crippen molar-refractivity contribution in [1.82, 2.24) is 4.90 Å². The highest BCUT2D eigenvalue weighted by Crippen LogP contribution is 2.31. The second-order valence-corrected chi connectivity index (χ2v) is 5.83. The maximum Gasteiger partial charge on any atom is 0.127 e. The molecule has 0 N–H and O–H groups in total. The molecule has 0 aromatic heterocycles. The Labute approximate surface area is 137 Å². The molecule has 1 fully saturated rings. The first kappa shape index (κ1) is 15.7. The van der Waals surface area contributed by atoms with Crippen LogP contribution in [0.25, 0.3) is 0 Å². The summed E-state index contributed by atoms with van der Waals surface area (Å²) >= 11 is 0. The van der Waals surface area contributed by atoms with Crippen molar-refractivity contribution in [3.05, 3.63) is 54.1 Å². The Hall–Kier alpha value is -2.20. The van der Waals surface area contributed by atoms with E-state index in [0.29, 0.717) is 6.04 Å². The van der Waals surface area contributed by atoms with E-state index in [9.17, 15) is 0 Å². The Balaban J connectivity index is 1.58. The molecule has 2 aromatic rings. The molecule has 1 aliphatic heterocycles. The molecule has 0 saturated carbocycles. The Bertz CT molecular complexity index is 616. The van der Waals surface area contributed by atoms with Crippen molar-refractivity contribution in [3.8, 4) is 17.2 Å². The van der Waals surface area contributed by atoms with E-state index in [-0.39, 0.29) is 6.10 Å². The van der Waals surface area contributed by atoms with Crippen LogP contribution in [0.3, 0.4) is 0 Å². The van der Waals surface area contributed by atoms with Gasteiger partial charge in [-0.1, -0.05) is 30.3 Å². The molecule has 122 valence electrons. The minimum absolute atomic E-state index is 0.206. The molecule has 0 aliphatic carbocycles. The van der Waals surface area contributed by atoms with Gasteiger partial charge in [0.1, 0.15) is 23.4 Å². The lowest BCUT2D eigenvalue weighted by Crippen LogP contribution is -2.54. The van der Waals surface area contributed by atoms with Gasteiger partial charge < -0.3 is 14.2 Å². The van der Waals surface area contributed by atoms with Gasteiger partial charge in [-0.3, -0.25) is 4.90 Å². The largest absolute Gasteiger partial charge is 0.496 e. The predicted octanol–water partition coefficient (Wildman–Crippen LogP) is 3.53. The average molecular weight is 313 g/mol. The van der Waals surface area contributed by atoms with E-state index in [4.69, 9.17) is 14.2 Å². The highest BCUT2D eigenvalue weighted by molar-refractivity contribution is 5.42. The van der Waals surface area contributed by atoms with Gasteiger partial charge in [0, 0.05) is 37.3 Å². The summed E-state index contributed by atoms with van der Waals surface area (Å²) in [6.07, 6.45) is 0.206. The molecule has 1 saturated heterocycles. The van der Waals surface area contributed by atoms with Gasteiger partial charge in [-0.15, -0.1) is 0 Å². The molecule has 1 atom stereocenters. The van der Waals surface area contributed by atoms with Crippen LogP contribution >= 0.6 is 0 Å². The van der Waals surface area contributed by atoms with E-state index in [0.717, 1.165) is 30.3 Å². The molecule has 1 heterocycles. The molecule has 1 unspecified atom stereocenters. The summed E-state index contributed by atoms with van der Waals surface area (Å²) in [6, 6.07) is 16.6. The van der Waals surface area contributed by atoms with Gasteiger partial charge in [-0.2, -0.15) is 0 Å². The highest BCUT2D eigenvalue weighted by atomic mass is 16.5. The van der Waals surface area contributed by atoms with Gasteiger partial charge in [0.2, 0.25) is 0 Å². The number of ether oxygens (including phenoxy) is 3. The van der Waals surface area contributed by atoms with E-state index in [1.54, 1.807) is 14.2 Å².